The summed E-state index contributed by atoms with van der Waals surface area (Å²) in [5.74, 6) is -1.90. The molecule has 1 aliphatic rings. The van der Waals surface area contributed by atoms with Gasteiger partial charge in [0.2, 0.25) is 0 Å². The van der Waals surface area contributed by atoms with Crippen LogP contribution in [-0.2, 0) is 0 Å². The van der Waals surface area contributed by atoms with Crippen molar-refractivity contribution in [3.05, 3.63) is 53.1 Å². The molecule has 1 atom stereocenters. The largest absolute Gasteiger partial charge is 0.457 e. The fourth-order valence-corrected chi connectivity index (χ4v) is 3.42. The number of ether oxygens (including phenoxy) is 1. The zero-order valence-corrected chi connectivity index (χ0v) is 11.8. The van der Waals surface area contributed by atoms with Crippen molar-refractivity contribution in [1.29, 1.82) is 0 Å². The fraction of sp³-hybridized carbons (Fsp3) is 0.200. The van der Waals surface area contributed by atoms with E-state index in [1.807, 2.05) is 0 Å². The molecule has 0 spiro atoms. The van der Waals surface area contributed by atoms with Gasteiger partial charge in [0.25, 0.3) is 6.43 Å². The SMILES string of the molecule is OC1CSc2ccc(Oc3cc(F)cc(F)c3)c(C(F)F)c21. The van der Waals surface area contributed by atoms with Gasteiger partial charge in [-0.1, -0.05) is 0 Å². The molecule has 0 fully saturated rings. The Morgan fingerprint density at radius 1 is 1.14 bits per heavy atom. The highest BCUT2D eigenvalue weighted by Crippen LogP contribution is 2.47. The number of thioether (sulfide) groups is 1. The molecular weight excluding hydrogens is 320 g/mol. The van der Waals surface area contributed by atoms with Crippen molar-refractivity contribution in [2.24, 2.45) is 0 Å². The van der Waals surface area contributed by atoms with Crippen molar-refractivity contribution in [2.75, 3.05) is 5.75 Å². The van der Waals surface area contributed by atoms with Crippen molar-refractivity contribution < 1.29 is 27.4 Å². The van der Waals surface area contributed by atoms with Crippen LogP contribution in [0.15, 0.2) is 35.2 Å². The van der Waals surface area contributed by atoms with Gasteiger partial charge in [-0.2, -0.15) is 0 Å². The van der Waals surface area contributed by atoms with Gasteiger partial charge in [-0.25, -0.2) is 17.6 Å². The van der Waals surface area contributed by atoms with Crippen LogP contribution in [0.25, 0.3) is 0 Å². The minimum absolute atomic E-state index is 0.120. The maximum atomic E-state index is 13.4. The number of hydrogen-bond acceptors (Lipinski definition) is 3. The summed E-state index contributed by atoms with van der Waals surface area (Å²) in [5.41, 5.74) is -0.325. The molecule has 22 heavy (non-hydrogen) atoms. The highest BCUT2D eigenvalue weighted by atomic mass is 32.2. The molecule has 0 radical (unpaired) electrons. The molecule has 1 heterocycles. The van der Waals surface area contributed by atoms with Crippen LogP contribution in [0.3, 0.4) is 0 Å². The third-order valence-electron chi connectivity index (χ3n) is 3.22. The lowest BCUT2D eigenvalue weighted by molar-refractivity contribution is 0.137. The lowest BCUT2D eigenvalue weighted by Gasteiger charge is -2.16. The van der Waals surface area contributed by atoms with Crippen LogP contribution in [0.4, 0.5) is 17.6 Å². The van der Waals surface area contributed by atoms with Crippen molar-refractivity contribution in [2.45, 2.75) is 17.4 Å². The summed E-state index contributed by atoms with van der Waals surface area (Å²) in [6.45, 7) is 0. The first-order chi connectivity index (χ1) is 10.5. The van der Waals surface area contributed by atoms with Gasteiger partial charge in [-0.15, -0.1) is 11.8 Å². The minimum atomic E-state index is -2.88. The summed E-state index contributed by atoms with van der Waals surface area (Å²) in [4.78, 5) is 0.556. The average molecular weight is 330 g/mol. The Balaban J connectivity index is 2.06. The number of hydrogen-bond donors (Lipinski definition) is 1. The Morgan fingerprint density at radius 2 is 1.82 bits per heavy atom. The van der Waals surface area contributed by atoms with Crippen molar-refractivity contribution in [3.63, 3.8) is 0 Å². The topological polar surface area (TPSA) is 29.5 Å². The summed E-state index contributed by atoms with van der Waals surface area (Å²) in [5, 5.41) is 9.86. The van der Waals surface area contributed by atoms with Gasteiger partial charge in [-0.3, -0.25) is 0 Å². The lowest BCUT2D eigenvalue weighted by atomic mass is 10.0. The van der Waals surface area contributed by atoms with Crippen LogP contribution in [0, 0.1) is 11.6 Å². The number of fused-ring (bicyclic) bond motifs is 1. The van der Waals surface area contributed by atoms with Gasteiger partial charge in [-0.05, 0) is 12.1 Å². The van der Waals surface area contributed by atoms with Crippen LogP contribution in [0.2, 0.25) is 0 Å². The highest BCUT2D eigenvalue weighted by molar-refractivity contribution is 7.99. The van der Waals surface area contributed by atoms with E-state index in [9.17, 15) is 22.7 Å². The third kappa shape index (κ3) is 2.78. The van der Waals surface area contributed by atoms with Crippen LogP contribution >= 0.6 is 11.8 Å². The van der Waals surface area contributed by atoms with Gasteiger partial charge in [0.15, 0.2) is 0 Å². The second kappa shape index (κ2) is 5.81. The van der Waals surface area contributed by atoms with E-state index in [2.05, 4.69) is 0 Å². The zero-order valence-electron chi connectivity index (χ0n) is 11.0. The molecule has 2 aromatic rings. The van der Waals surface area contributed by atoms with E-state index in [4.69, 9.17) is 4.74 Å². The number of alkyl halides is 2. The Kier molecular flexibility index (Phi) is 4.01. The number of benzene rings is 2. The normalized spacial score (nSPS) is 16.9. The van der Waals surface area contributed by atoms with Crippen molar-refractivity contribution >= 4 is 11.8 Å². The predicted octanol–water partition coefficient (Wildman–Crippen LogP) is 4.83. The van der Waals surface area contributed by atoms with Crippen LogP contribution in [0.1, 0.15) is 23.7 Å². The number of rotatable bonds is 3. The van der Waals surface area contributed by atoms with E-state index < -0.39 is 29.7 Å². The quantitative estimate of drug-likeness (QED) is 0.817. The highest BCUT2D eigenvalue weighted by Gasteiger charge is 2.31. The molecule has 0 bridgehead atoms. The Bertz CT molecular complexity index is 701. The Morgan fingerprint density at radius 3 is 2.45 bits per heavy atom. The zero-order chi connectivity index (χ0) is 15.9. The number of halogens is 4. The summed E-state index contributed by atoms with van der Waals surface area (Å²) in [7, 11) is 0. The number of aliphatic hydroxyl groups is 1. The van der Waals surface area contributed by atoms with Crippen molar-refractivity contribution in [3.8, 4) is 11.5 Å². The molecule has 2 aromatic carbocycles. The molecule has 3 rings (SSSR count). The fourth-order valence-electron chi connectivity index (χ4n) is 2.35. The smallest absolute Gasteiger partial charge is 0.267 e. The monoisotopic (exact) mass is 330 g/mol. The summed E-state index contributed by atoms with van der Waals surface area (Å²) < 4.78 is 58.3. The number of aliphatic hydroxyl groups excluding tert-OH is 1. The van der Waals surface area contributed by atoms with Gasteiger partial charge in [0.05, 0.1) is 11.7 Å². The standard InChI is InChI=1S/C15H10F4O2S/c16-7-3-8(17)5-9(4-7)21-11-1-2-12-13(10(20)6-22-12)14(11)15(18)19/h1-5,10,15,20H,6H2. The van der Waals surface area contributed by atoms with Crippen molar-refractivity contribution in [1.82, 2.24) is 0 Å². The molecule has 1 N–H and O–H groups in total. The second-order valence-corrected chi connectivity index (χ2v) is 5.79. The molecule has 0 aromatic heterocycles. The molecular formula is C15H10F4O2S. The summed E-state index contributed by atoms with van der Waals surface area (Å²) in [6, 6.07) is 5.32. The molecule has 0 saturated heterocycles. The molecule has 1 unspecified atom stereocenters. The van der Waals surface area contributed by atoms with Gasteiger partial charge in [0.1, 0.15) is 23.1 Å². The van der Waals surface area contributed by atoms with Crippen LogP contribution in [0.5, 0.6) is 11.5 Å². The van der Waals surface area contributed by atoms with E-state index in [0.29, 0.717) is 11.0 Å². The molecule has 116 valence electrons. The lowest BCUT2D eigenvalue weighted by Crippen LogP contribution is -2.03. The second-order valence-electron chi connectivity index (χ2n) is 4.72. The van der Waals surface area contributed by atoms with E-state index >= 15 is 0 Å². The molecule has 0 amide bonds. The van der Waals surface area contributed by atoms with E-state index in [0.717, 1.165) is 12.1 Å². The maximum Gasteiger partial charge on any atom is 0.267 e. The first kappa shape index (κ1) is 15.2. The molecule has 2 nitrogen and oxygen atoms in total. The first-order valence-electron chi connectivity index (χ1n) is 6.35. The van der Waals surface area contributed by atoms with Gasteiger partial charge < -0.3 is 9.84 Å². The predicted molar refractivity (Wildman–Crippen MR) is 73.5 cm³/mol. The van der Waals surface area contributed by atoms with Crippen LogP contribution < -0.4 is 4.74 Å². The van der Waals surface area contributed by atoms with E-state index in [-0.39, 0.29) is 22.8 Å². The molecule has 0 aliphatic carbocycles. The van der Waals surface area contributed by atoms with E-state index in [1.165, 1.54) is 17.8 Å². The molecule has 1 aliphatic heterocycles. The minimum Gasteiger partial charge on any atom is -0.457 e. The van der Waals surface area contributed by atoms with Gasteiger partial charge in [0, 0.05) is 34.4 Å². The molecule has 0 saturated carbocycles. The Labute approximate surface area is 127 Å². The summed E-state index contributed by atoms with van der Waals surface area (Å²) >= 11 is 1.27. The first-order valence-corrected chi connectivity index (χ1v) is 7.34. The van der Waals surface area contributed by atoms with E-state index in [1.54, 1.807) is 6.07 Å². The average Bonchev–Trinajstić information content (AvgIpc) is 2.79. The molecule has 7 heteroatoms. The summed E-state index contributed by atoms with van der Waals surface area (Å²) in [6.07, 6.45) is -3.89. The third-order valence-corrected chi connectivity index (χ3v) is 4.37. The Hall–Kier alpha value is -1.73. The maximum absolute atomic E-state index is 13.4. The van der Waals surface area contributed by atoms with Crippen LogP contribution in [-0.4, -0.2) is 10.9 Å². The van der Waals surface area contributed by atoms with Gasteiger partial charge >= 0.3 is 0 Å².